The summed E-state index contributed by atoms with van der Waals surface area (Å²) in [5.74, 6) is -0.0459. The van der Waals surface area contributed by atoms with Crippen LogP contribution in [0.5, 0.6) is 5.75 Å². The molecule has 0 saturated carbocycles. The highest BCUT2D eigenvalue weighted by Gasteiger charge is 2.22. The molecule has 7 heteroatoms. The summed E-state index contributed by atoms with van der Waals surface area (Å²) in [6.07, 6.45) is 2.63. The minimum Gasteiger partial charge on any atom is -0.479 e. The molecule has 1 unspecified atom stereocenters. The predicted octanol–water partition coefficient (Wildman–Crippen LogP) is 4.00. The summed E-state index contributed by atoms with van der Waals surface area (Å²) in [5, 5.41) is 0.468. The van der Waals surface area contributed by atoms with Gasteiger partial charge in [0, 0.05) is 13.1 Å². The van der Waals surface area contributed by atoms with Gasteiger partial charge in [-0.2, -0.15) is 0 Å². The largest absolute Gasteiger partial charge is 0.479 e. The Morgan fingerprint density at radius 3 is 2.23 bits per heavy atom. The van der Waals surface area contributed by atoms with Crippen LogP contribution in [-0.2, 0) is 9.53 Å². The average Bonchev–Trinajstić information content (AvgIpc) is 2.56. The number of hydrogen-bond donors (Lipinski definition) is 1. The van der Waals surface area contributed by atoms with Crippen LogP contribution >= 0.6 is 11.6 Å². The molecule has 26 heavy (non-hydrogen) atoms. The molecule has 1 fully saturated rings. The Morgan fingerprint density at radius 1 is 1.15 bits per heavy atom. The molecule has 1 aliphatic rings. The normalized spacial score (nSPS) is 15.3. The van der Waals surface area contributed by atoms with E-state index >= 15 is 0 Å². The molecule has 0 aromatic heterocycles. The second-order valence-electron chi connectivity index (χ2n) is 7.12. The van der Waals surface area contributed by atoms with E-state index in [0.717, 1.165) is 25.9 Å². The molecule has 1 heterocycles. The minimum absolute atomic E-state index is 0.160. The predicted molar refractivity (Wildman–Crippen MR) is 102 cm³/mol. The lowest BCUT2D eigenvalue weighted by Crippen LogP contribution is -2.39. The van der Waals surface area contributed by atoms with Crippen LogP contribution in [0.4, 0.5) is 4.79 Å². The van der Waals surface area contributed by atoms with Crippen molar-refractivity contribution >= 4 is 23.6 Å². The van der Waals surface area contributed by atoms with Gasteiger partial charge in [-0.25, -0.2) is 4.79 Å². The van der Waals surface area contributed by atoms with E-state index in [0.29, 0.717) is 10.8 Å². The van der Waals surface area contributed by atoms with Crippen LogP contribution in [0.3, 0.4) is 0 Å². The number of nitrogens with zero attached hydrogens (tertiary/aromatic N) is 1. The number of ether oxygens (including phenoxy) is 2. The van der Waals surface area contributed by atoms with Crippen LogP contribution < -0.4 is 10.5 Å². The molecule has 1 saturated heterocycles. The summed E-state index contributed by atoms with van der Waals surface area (Å²) in [6, 6.07) is 6.92. The summed E-state index contributed by atoms with van der Waals surface area (Å²) in [5.41, 5.74) is 4.66. The molecule has 0 spiro atoms. The van der Waals surface area contributed by atoms with E-state index in [1.165, 1.54) is 6.42 Å². The van der Waals surface area contributed by atoms with E-state index in [4.69, 9.17) is 26.8 Å². The Bertz CT molecular complexity index is 595. The monoisotopic (exact) mass is 384 g/mol. The first-order valence-corrected chi connectivity index (χ1v) is 9.16. The van der Waals surface area contributed by atoms with E-state index in [1.54, 1.807) is 36.1 Å². The van der Waals surface area contributed by atoms with Crippen LogP contribution in [-0.4, -0.2) is 41.7 Å². The summed E-state index contributed by atoms with van der Waals surface area (Å²) in [7, 11) is 0. The van der Waals surface area contributed by atoms with Crippen molar-refractivity contribution < 1.29 is 19.1 Å². The molecule has 0 aliphatic carbocycles. The molecule has 6 nitrogen and oxygen atoms in total. The summed E-state index contributed by atoms with van der Waals surface area (Å²) < 4.78 is 10.5. The zero-order valence-corrected chi connectivity index (χ0v) is 16.7. The topological polar surface area (TPSA) is 81.9 Å². The number of carbonyl (C=O) groups is 2. The Balaban J connectivity index is 0.000000260. The van der Waals surface area contributed by atoms with Gasteiger partial charge in [-0.3, -0.25) is 4.79 Å². The van der Waals surface area contributed by atoms with E-state index < -0.39 is 12.0 Å². The third kappa shape index (κ3) is 8.43. The van der Waals surface area contributed by atoms with Crippen LogP contribution in [0.15, 0.2) is 24.3 Å². The Kier molecular flexibility index (Phi) is 8.72. The maximum absolute atomic E-state index is 11.5. The molecule has 1 aromatic rings. The smallest absolute Gasteiger partial charge is 0.410 e. The van der Waals surface area contributed by atoms with Gasteiger partial charge in [0.05, 0.1) is 5.02 Å². The quantitative estimate of drug-likeness (QED) is 0.853. The van der Waals surface area contributed by atoms with Gasteiger partial charge in [0.15, 0.2) is 6.10 Å². The number of likely N-dealkylation sites (tertiary alicyclic amines) is 1. The van der Waals surface area contributed by atoms with Crippen molar-refractivity contribution in [2.75, 3.05) is 13.1 Å². The van der Waals surface area contributed by atoms with Gasteiger partial charge in [0.2, 0.25) is 0 Å². The first kappa shape index (κ1) is 22.1. The number of primary amides is 1. The molecule has 1 aliphatic heterocycles. The van der Waals surface area contributed by atoms with Gasteiger partial charge < -0.3 is 20.1 Å². The van der Waals surface area contributed by atoms with E-state index in [2.05, 4.69) is 0 Å². The van der Waals surface area contributed by atoms with Crippen LogP contribution in [0.1, 0.15) is 47.0 Å². The zero-order chi connectivity index (χ0) is 19.7. The fraction of sp³-hybridized carbons (Fsp3) is 0.579. The van der Waals surface area contributed by atoms with E-state index in [9.17, 15) is 9.59 Å². The van der Waals surface area contributed by atoms with Crippen molar-refractivity contribution in [1.29, 1.82) is 0 Å². The van der Waals surface area contributed by atoms with Crippen molar-refractivity contribution in [3.05, 3.63) is 29.3 Å². The summed E-state index contributed by atoms with van der Waals surface area (Å²) in [4.78, 5) is 24.0. The molecule has 146 valence electrons. The molecule has 1 aromatic carbocycles. The first-order valence-electron chi connectivity index (χ1n) is 8.78. The maximum atomic E-state index is 11.5. The molecule has 0 bridgehead atoms. The lowest BCUT2D eigenvalue weighted by molar-refractivity contribution is -0.123. The second kappa shape index (κ2) is 10.3. The highest BCUT2D eigenvalue weighted by atomic mass is 35.5. The van der Waals surface area contributed by atoms with Crippen molar-refractivity contribution in [3.8, 4) is 5.75 Å². The zero-order valence-electron chi connectivity index (χ0n) is 16.0. The second-order valence-corrected chi connectivity index (χ2v) is 7.53. The minimum atomic E-state index is -0.667. The maximum Gasteiger partial charge on any atom is 0.410 e. The number of nitrogens with two attached hydrogens (primary N) is 1. The number of carbonyl (C=O) groups excluding carboxylic acids is 2. The lowest BCUT2D eigenvalue weighted by atomic mass is 10.1. The number of amides is 2. The van der Waals surface area contributed by atoms with Crippen molar-refractivity contribution in [1.82, 2.24) is 4.90 Å². The molecule has 2 amide bonds. The number of halogens is 1. The van der Waals surface area contributed by atoms with E-state index in [1.807, 2.05) is 20.8 Å². The molecular weight excluding hydrogens is 356 g/mol. The molecule has 2 rings (SSSR count). The van der Waals surface area contributed by atoms with Crippen molar-refractivity contribution in [2.45, 2.75) is 58.7 Å². The number of para-hydroxylation sites is 1. The Morgan fingerprint density at radius 2 is 1.73 bits per heavy atom. The Hall–Kier alpha value is -1.95. The summed E-state index contributed by atoms with van der Waals surface area (Å²) in [6.45, 7) is 8.98. The molecular formula is C19H29ClN2O4. The van der Waals surface area contributed by atoms with Gasteiger partial charge in [-0.05, 0) is 59.1 Å². The van der Waals surface area contributed by atoms with Crippen LogP contribution in [0.2, 0.25) is 5.02 Å². The highest BCUT2D eigenvalue weighted by Crippen LogP contribution is 2.24. The third-order valence-electron chi connectivity index (χ3n) is 3.55. The fourth-order valence-electron chi connectivity index (χ4n) is 2.19. The van der Waals surface area contributed by atoms with Gasteiger partial charge in [-0.1, -0.05) is 23.7 Å². The number of benzene rings is 1. The highest BCUT2D eigenvalue weighted by molar-refractivity contribution is 6.32. The number of hydrogen-bond acceptors (Lipinski definition) is 4. The molecule has 2 N–H and O–H groups in total. The first-order chi connectivity index (χ1) is 12.1. The third-order valence-corrected chi connectivity index (χ3v) is 3.86. The fourth-order valence-corrected chi connectivity index (χ4v) is 2.37. The molecule has 1 atom stereocenters. The van der Waals surface area contributed by atoms with Crippen molar-refractivity contribution in [2.24, 2.45) is 5.73 Å². The number of rotatable bonds is 3. The molecule has 0 radical (unpaired) electrons. The van der Waals surface area contributed by atoms with Gasteiger partial charge >= 0.3 is 6.09 Å². The van der Waals surface area contributed by atoms with Gasteiger partial charge in [0.25, 0.3) is 5.91 Å². The standard InChI is InChI=1S/C10H19NO2.C9H10ClNO2/c1-10(2,3)13-9(12)11-7-5-4-6-8-11;1-6(9(11)12)13-8-5-3-2-4-7(8)10/h4-8H2,1-3H3;2-6H,1H3,(H2,11,12). The van der Waals surface area contributed by atoms with Crippen LogP contribution in [0.25, 0.3) is 0 Å². The van der Waals surface area contributed by atoms with Gasteiger partial charge in [-0.15, -0.1) is 0 Å². The van der Waals surface area contributed by atoms with Crippen molar-refractivity contribution in [3.63, 3.8) is 0 Å². The SMILES string of the molecule is CC(C)(C)OC(=O)N1CCCCC1.CC(Oc1ccccc1Cl)C(N)=O. The average molecular weight is 385 g/mol. The van der Waals surface area contributed by atoms with E-state index in [-0.39, 0.29) is 11.7 Å². The van der Waals surface area contributed by atoms with Crippen LogP contribution in [0, 0.1) is 0 Å². The van der Waals surface area contributed by atoms with Gasteiger partial charge in [0.1, 0.15) is 11.4 Å². The summed E-state index contributed by atoms with van der Waals surface area (Å²) >= 11 is 5.80. The Labute approximate surface area is 160 Å². The number of piperidine rings is 1. The lowest BCUT2D eigenvalue weighted by Gasteiger charge is -2.29.